The van der Waals surface area contributed by atoms with Crippen LogP contribution in [0.25, 0.3) is 0 Å². The van der Waals surface area contributed by atoms with Crippen molar-refractivity contribution in [1.82, 2.24) is 4.98 Å². The Labute approximate surface area is 125 Å². The van der Waals surface area contributed by atoms with Gasteiger partial charge < -0.3 is 19.6 Å². The maximum Gasteiger partial charge on any atom is 0.575 e. The van der Waals surface area contributed by atoms with Crippen LogP contribution in [-0.4, -0.2) is 28.8 Å². The maximum atomic E-state index is 13.0. The van der Waals surface area contributed by atoms with Crippen molar-refractivity contribution >= 4 is 11.8 Å². The number of alkyl halides is 5. The molecule has 1 heterocycles. The summed E-state index contributed by atoms with van der Waals surface area (Å²) in [6.07, 6.45) is -9.74. The van der Waals surface area contributed by atoms with Crippen LogP contribution in [0, 0.1) is 10.1 Å². The number of hydrogen-bond acceptors (Lipinski definition) is 6. The number of nitrogens with zero attached hydrogens (tertiary/aromatic N) is 2. The van der Waals surface area contributed by atoms with Gasteiger partial charge in [0, 0.05) is 16.6 Å². The number of carbonyl (C=O) groups excluding carboxylic acids is 1. The zero-order valence-electron chi connectivity index (χ0n) is 11.4. The van der Waals surface area contributed by atoms with Gasteiger partial charge in [0.1, 0.15) is 0 Å². The summed E-state index contributed by atoms with van der Waals surface area (Å²) in [5.74, 6) is -3.88. The van der Waals surface area contributed by atoms with E-state index in [1.807, 2.05) is 0 Å². The first-order chi connectivity index (χ1) is 10.5. The summed E-state index contributed by atoms with van der Waals surface area (Å²) in [5, 5.41) is 10.6. The number of carbonyl (C=O) groups is 1. The second-order valence-corrected chi connectivity index (χ2v) is 3.94. The van der Waals surface area contributed by atoms with Gasteiger partial charge in [-0.25, -0.2) is 8.78 Å². The quantitative estimate of drug-likeness (QED) is 0.341. The monoisotopic (exact) mass is 344 g/mol. The summed E-state index contributed by atoms with van der Waals surface area (Å²) >= 11 is 0. The Hall–Kier alpha value is -2.53. The zero-order valence-corrected chi connectivity index (χ0v) is 11.4. The molecule has 0 amide bonds. The molecule has 23 heavy (non-hydrogen) atoms. The lowest BCUT2D eigenvalue weighted by molar-refractivity contribution is -0.390. The molecule has 12 heteroatoms. The zero-order chi connectivity index (χ0) is 17.8. The number of hydrogen-bond donors (Lipinski definition) is 0. The molecule has 0 saturated carbocycles. The minimum atomic E-state index is -5.34. The van der Waals surface area contributed by atoms with Crippen LogP contribution in [-0.2, 0) is 16.0 Å². The summed E-state index contributed by atoms with van der Waals surface area (Å²) in [5.41, 5.74) is -2.10. The molecule has 0 aliphatic heterocycles. The Morgan fingerprint density at radius 3 is 2.48 bits per heavy atom. The largest absolute Gasteiger partial charge is 0.575 e. The third kappa shape index (κ3) is 5.30. The Bertz CT molecular complexity index is 605. The first-order valence-electron chi connectivity index (χ1n) is 5.92. The molecule has 0 aliphatic rings. The highest BCUT2D eigenvalue weighted by Crippen LogP contribution is 2.35. The van der Waals surface area contributed by atoms with Crippen molar-refractivity contribution in [2.75, 3.05) is 6.61 Å². The highest BCUT2D eigenvalue weighted by atomic mass is 19.4. The molecule has 0 saturated heterocycles. The Kier molecular flexibility index (Phi) is 5.76. The molecule has 1 aromatic heterocycles. The molecule has 1 rings (SSSR count). The smallest absolute Gasteiger partial charge is 0.466 e. The average molecular weight is 344 g/mol. The number of halogens is 5. The molecule has 0 radical (unpaired) electrons. The summed E-state index contributed by atoms with van der Waals surface area (Å²) in [6.45, 7) is 1.26. The minimum Gasteiger partial charge on any atom is -0.466 e. The van der Waals surface area contributed by atoms with E-state index in [0.29, 0.717) is 0 Å². The highest BCUT2D eigenvalue weighted by Gasteiger charge is 2.38. The third-order valence-corrected chi connectivity index (χ3v) is 2.37. The van der Waals surface area contributed by atoms with E-state index in [9.17, 15) is 36.9 Å². The number of nitro groups is 1. The molecule has 1 aromatic rings. The fourth-order valence-corrected chi connectivity index (χ4v) is 1.57. The van der Waals surface area contributed by atoms with E-state index in [2.05, 4.69) is 14.5 Å². The van der Waals surface area contributed by atoms with Gasteiger partial charge in [-0.05, 0) is 11.8 Å². The lowest BCUT2D eigenvalue weighted by Gasteiger charge is -2.12. The molecule has 0 fully saturated rings. The SMILES string of the molecule is CCOC(=O)Cc1c(C(F)F)cc([N+](=O)[O-])nc1OC(F)(F)F. The van der Waals surface area contributed by atoms with Gasteiger partial charge >= 0.3 is 24.0 Å². The van der Waals surface area contributed by atoms with Gasteiger partial charge in [-0.2, -0.15) is 0 Å². The lowest BCUT2D eigenvalue weighted by Crippen LogP contribution is -2.21. The van der Waals surface area contributed by atoms with E-state index in [-0.39, 0.29) is 12.7 Å². The van der Waals surface area contributed by atoms with Crippen molar-refractivity contribution in [2.24, 2.45) is 0 Å². The molecule has 0 spiro atoms. The molecule has 0 atom stereocenters. The van der Waals surface area contributed by atoms with Crippen molar-refractivity contribution in [1.29, 1.82) is 0 Å². The Balaban J connectivity index is 3.46. The maximum absolute atomic E-state index is 13.0. The third-order valence-electron chi connectivity index (χ3n) is 2.37. The topological polar surface area (TPSA) is 91.6 Å². The van der Waals surface area contributed by atoms with Gasteiger partial charge in [0.25, 0.3) is 6.43 Å². The number of rotatable bonds is 6. The lowest BCUT2D eigenvalue weighted by atomic mass is 10.1. The van der Waals surface area contributed by atoms with Gasteiger partial charge in [0.15, 0.2) is 0 Å². The fraction of sp³-hybridized carbons (Fsp3) is 0.455. The van der Waals surface area contributed by atoms with Crippen LogP contribution < -0.4 is 4.74 Å². The van der Waals surface area contributed by atoms with Gasteiger partial charge in [-0.1, -0.05) is 0 Å². The van der Waals surface area contributed by atoms with Gasteiger partial charge in [0.2, 0.25) is 0 Å². The predicted octanol–water partition coefficient (Wildman–Crippen LogP) is 2.93. The van der Waals surface area contributed by atoms with Crippen molar-refractivity contribution in [3.05, 3.63) is 27.3 Å². The first kappa shape index (κ1) is 18.5. The minimum absolute atomic E-state index is 0.140. The standard InChI is InChI=1S/C11H9F5N2O5/c1-2-22-8(19)4-6-5(9(12)13)3-7(18(20)21)17-10(6)23-11(14,15)16/h3,9H,2,4H2,1H3. The van der Waals surface area contributed by atoms with E-state index >= 15 is 0 Å². The fourth-order valence-electron chi connectivity index (χ4n) is 1.57. The number of aromatic nitrogens is 1. The second kappa shape index (κ2) is 7.15. The summed E-state index contributed by atoms with van der Waals surface area (Å²) in [4.78, 5) is 23.6. The molecule has 0 bridgehead atoms. The Morgan fingerprint density at radius 1 is 1.43 bits per heavy atom. The molecule has 0 aliphatic carbocycles. The van der Waals surface area contributed by atoms with Crippen LogP contribution in [0.15, 0.2) is 6.07 Å². The van der Waals surface area contributed by atoms with E-state index < -0.39 is 52.9 Å². The van der Waals surface area contributed by atoms with Crippen LogP contribution in [0.5, 0.6) is 5.88 Å². The average Bonchev–Trinajstić information content (AvgIpc) is 2.38. The van der Waals surface area contributed by atoms with Gasteiger partial charge in [-0.15, -0.1) is 13.2 Å². The number of esters is 1. The van der Waals surface area contributed by atoms with Crippen molar-refractivity contribution in [2.45, 2.75) is 26.1 Å². The molecule has 0 N–H and O–H groups in total. The first-order valence-corrected chi connectivity index (χ1v) is 5.92. The van der Waals surface area contributed by atoms with E-state index in [4.69, 9.17) is 0 Å². The van der Waals surface area contributed by atoms with E-state index in [0.717, 1.165) is 0 Å². The summed E-state index contributed by atoms with van der Waals surface area (Å²) in [7, 11) is 0. The summed E-state index contributed by atoms with van der Waals surface area (Å²) in [6, 6.07) is 0.280. The van der Waals surface area contributed by atoms with Crippen LogP contribution >= 0.6 is 0 Å². The van der Waals surface area contributed by atoms with Gasteiger partial charge in [-0.3, -0.25) is 4.79 Å². The van der Waals surface area contributed by atoms with Crippen LogP contribution in [0.1, 0.15) is 24.5 Å². The normalized spacial score (nSPS) is 11.4. The molecule has 7 nitrogen and oxygen atoms in total. The van der Waals surface area contributed by atoms with Crippen LogP contribution in [0.4, 0.5) is 27.8 Å². The van der Waals surface area contributed by atoms with Crippen LogP contribution in [0.3, 0.4) is 0 Å². The van der Waals surface area contributed by atoms with Gasteiger partial charge in [0.05, 0.1) is 18.6 Å². The van der Waals surface area contributed by atoms with Crippen molar-refractivity contribution in [3.63, 3.8) is 0 Å². The van der Waals surface area contributed by atoms with Crippen molar-refractivity contribution in [3.8, 4) is 5.88 Å². The molecule has 0 aromatic carbocycles. The number of ether oxygens (including phenoxy) is 2. The molecular weight excluding hydrogens is 335 g/mol. The van der Waals surface area contributed by atoms with E-state index in [1.54, 1.807) is 0 Å². The predicted molar refractivity (Wildman–Crippen MR) is 62.9 cm³/mol. The van der Waals surface area contributed by atoms with Crippen LogP contribution in [0.2, 0.25) is 0 Å². The van der Waals surface area contributed by atoms with Crippen molar-refractivity contribution < 1.29 is 41.1 Å². The number of pyridine rings is 1. The highest BCUT2D eigenvalue weighted by molar-refractivity contribution is 5.74. The molecule has 128 valence electrons. The summed E-state index contributed by atoms with van der Waals surface area (Å²) < 4.78 is 70.9. The van der Waals surface area contributed by atoms with E-state index in [1.165, 1.54) is 6.92 Å². The molecular formula is C11H9F5N2O5. The molecule has 0 unspecified atom stereocenters. The second-order valence-electron chi connectivity index (χ2n) is 3.94. The Morgan fingerprint density at radius 2 is 2.04 bits per heavy atom.